The molecule has 0 unspecified atom stereocenters. The molecule has 0 radical (unpaired) electrons. The summed E-state index contributed by atoms with van der Waals surface area (Å²) >= 11 is 0. The van der Waals surface area contributed by atoms with Gasteiger partial charge in [0, 0.05) is 25.2 Å². The molecule has 2 rings (SSSR count). The number of hydrogen-bond donors (Lipinski definition) is 2. The van der Waals surface area contributed by atoms with Crippen LogP contribution in [0.3, 0.4) is 0 Å². The molecular weight excluding hydrogens is 264 g/mol. The lowest BCUT2D eigenvalue weighted by atomic mass is 10.2. The lowest BCUT2D eigenvalue weighted by Gasteiger charge is -2.21. The van der Waals surface area contributed by atoms with Crippen LogP contribution in [0.15, 0.2) is 24.3 Å². The largest absolute Gasteiger partial charge is 0.492 e. The molecule has 1 aromatic rings. The second-order valence-corrected chi connectivity index (χ2v) is 5.64. The van der Waals surface area contributed by atoms with E-state index >= 15 is 0 Å². The first-order valence-electron chi connectivity index (χ1n) is 7.63. The Bertz CT molecular complexity index is 440. The first kappa shape index (κ1) is 15.8. The van der Waals surface area contributed by atoms with Crippen molar-refractivity contribution in [2.45, 2.75) is 12.8 Å². The van der Waals surface area contributed by atoms with Crippen LogP contribution in [0.25, 0.3) is 0 Å². The number of rotatable bonds is 8. The number of likely N-dealkylation sites (N-methyl/N-ethyl adjacent to an activating group) is 1. The maximum atomic E-state index is 7.34. The van der Waals surface area contributed by atoms with Gasteiger partial charge in [-0.15, -0.1) is 0 Å². The first-order chi connectivity index (χ1) is 10.1. The van der Waals surface area contributed by atoms with E-state index in [0.717, 1.165) is 30.9 Å². The van der Waals surface area contributed by atoms with E-state index in [0.29, 0.717) is 6.61 Å². The average Bonchev–Trinajstić information content (AvgIpc) is 2.99. The van der Waals surface area contributed by atoms with Crippen LogP contribution in [0.4, 0.5) is 0 Å². The fourth-order valence-corrected chi connectivity index (χ4v) is 2.48. The SMILES string of the molecule is CN(CCOc1ccc(C(=N)N)cc1)CCN1CCCC1. The maximum absolute atomic E-state index is 7.34. The number of benzene rings is 1. The third-order valence-corrected chi connectivity index (χ3v) is 3.90. The molecule has 0 atom stereocenters. The Morgan fingerprint density at radius 3 is 2.52 bits per heavy atom. The van der Waals surface area contributed by atoms with Crippen LogP contribution in [-0.4, -0.2) is 62.0 Å². The third-order valence-electron chi connectivity index (χ3n) is 3.90. The quantitative estimate of drug-likeness (QED) is 0.561. The van der Waals surface area contributed by atoms with Crippen molar-refractivity contribution in [3.05, 3.63) is 29.8 Å². The number of amidine groups is 1. The zero-order chi connectivity index (χ0) is 15.1. The van der Waals surface area contributed by atoms with Gasteiger partial charge in [-0.1, -0.05) is 0 Å². The van der Waals surface area contributed by atoms with E-state index in [1.54, 1.807) is 0 Å². The second-order valence-electron chi connectivity index (χ2n) is 5.64. The minimum absolute atomic E-state index is 0.0863. The molecule has 1 aliphatic heterocycles. The zero-order valence-corrected chi connectivity index (χ0v) is 12.8. The molecule has 0 spiro atoms. The number of ether oxygens (including phenoxy) is 1. The highest BCUT2D eigenvalue weighted by Gasteiger charge is 2.11. The summed E-state index contributed by atoms with van der Waals surface area (Å²) < 4.78 is 5.72. The van der Waals surface area contributed by atoms with Crippen molar-refractivity contribution in [1.82, 2.24) is 9.80 Å². The minimum Gasteiger partial charge on any atom is -0.492 e. The summed E-state index contributed by atoms with van der Waals surface area (Å²) in [7, 11) is 2.14. The van der Waals surface area contributed by atoms with Crippen LogP contribution < -0.4 is 10.5 Å². The van der Waals surface area contributed by atoms with Gasteiger partial charge in [0.05, 0.1) is 0 Å². The highest BCUT2D eigenvalue weighted by Crippen LogP contribution is 2.11. The van der Waals surface area contributed by atoms with E-state index in [9.17, 15) is 0 Å². The molecule has 3 N–H and O–H groups in total. The molecule has 0 aliphatic carbocycles. The van der Waals surface area contributed by atoms with Gasteiger partial charge < -0.3 is 20.3 Å². The molecular formula is C16H26N4O. The molecule has 116 valence electrons. The van der Waals surface area contributed by atoms with Crippen LogP contribution in [-0.2, 0) is 0 Å². The third kappa shape index (κ3) is 5.36. The van der Waals surface area contributed by atoms with Crippen LogP contribution in [0.1, 0.15) is 18.4 Å². The van der Waals surface area contributed by atoms with Crippen molar-refractivity contribution in [2.24, 2.45) is 5.73 Å². The smallest absolute Gasteiger partial charge is 0.122 e. The van der Waals surface area contributed by atoms with Crippen LogP contribution in [0.2, 0.25) is 0 Å². The summed E-state index contributed by atoms with van der Waals surface area (Å²) in [5.74, 6) is 0.913. The number of hydrogen-bond acceptors (Lipinski definition) is 4. The van der Waals surface area contributed by atoms with Gasteiger partial charge in [-0.25, -0.2) is 0 Å². The zero-order valence-electron chi connectivity index (χ0n) is 12.8. The van der Waals surface area contributed by atoms with Gasteiger partial charge in [0.2, 0.25) is 0 Å². The normalized spacial score (nSPS) is 15.5. The molecule has 1 fully saturated rings. The predicted octanol–water partition coefficient (Wildman–Crippen LogP) is 1.38. The van der Waals surface area contributed by atoms with Gasteiger partial charge in [0.1, 0.15) is 18.2 Å². The van der Waals surface area contributed by atoms with Gasteiger partial charge in [0.15, 0.2) is 0 Å². The minimum atomic E-state index is 0.0863. The topological polar surface area (TPSA) is 65.6 Å². The van der Waals surface area contributed by atoms with Crippen molar-refractivity contribution < 1.29 is 4.74 Å². The van der Waals surface area contributed by atoms with Crippen molar-refractivity contribution in [3.63, 3.8) is 0 Å². The van der Waals surface area contributed by atoms with E-state index < -0.39 is 0 Å². The van der Waals surface area contributed by atoms with E-state index in [1.165, 1.54) is 25.9 Å². The highest BCUT2D eigenvalue weighted by atomic mass is 16.5. The number of likely N-dealkylation sites (tertiary alicyclic amines) is 1. The van der Waals surface area contributed by atoms with E-state index in [4.69, 9.17) is 15.9 Å². The Labute approximate surface area is 127 Å². The monoisotopic (exact) mass is 290 g/mol. The Morgan fingerprint density at radius 2 is 1.90 bits per heavy atom. The Balaban J connectivity index is 1.62. The molecule has 1 aromatic carbocycles. The number of nitrogen functional groups attached to an aromatic ring is 1. The van der Waals surface area contributed by atoms with Crippen molar-refractivity contribution in [2.75, 3.05) is 46.4 Å². The summed E-state index contributed by atoms with van der Waals surface area (Å²) in [6, 6.07) is 7.35. The van der Waals surface area contributed by atoms with Crippen molar-refractivity contribution in [3.8, 4) is 5.75 Å². The molecule has 0 aromatic heterocycles. The fraction of sp³-hybridized carbons (Fsp3) is 0.562. The lowest BCUT2D eigenvalue weighted by molar-refractivity contribution is 0.213. The molecule has 1 aliphatic rings. The summed E-state index contributed by atoms with van der Waals surface area (Å²) in [5.41, 5.74) is 6.15. The average molecular weight is 290 g/mol. The standard InChI is InChI=1S/C16H26N4O/c1-19(10-11-20-8-2-3-9-20)12-13-21-15-6-4-14(5-7-15)16(17)18/h4-7H,2-3,8-13H2,1H3,(H3,17,18). The summed E-state index contributed by atoms with van der Waals surface area (Å²) in [5, 5.41) is 7.34. The molecule has 21 heavy (non-hydrogen) atoms. The van der Waals surface area contributed by atoms with Crippen LogP contribution >= 0.6 is 0 Å². The summed E-state index contributed by atoms with van der Waals surface area (Å²) in [6.45, 7) is 6.36. The maximum Gasteiger partial charge on any atom is 0.122 e. The molecule has 0 saturated carbocycles. The highest BCUT2D eigenvalue weighted by molar-refractivity contribution is 5.94. The molecule has 1 heterocycles. The molecule has 1 saturated heterocycles. The number of nitrogens with one attached hydrogen (secondary N) is 1. The molecule has 5 heteroatoms. The van der Waals surface area contributed by atoms with Crippen LogP contribution in [0, 0.1) is 5.41 Å². The van der Waals surface area contributed by atoms with Gasteiger partial charge >= 0.3 is 0 Å². The lowest BCUT2D eigenvalue weighted by Crippen LogP contribution is -2.33. The van der Waals surface area contributed by atoms with E-state index in [2.05, 4.69) is 16.8 Å². The van der Waals surface area contributed by atoms with E-state index in [1.807, 2.05) is 24.3 Å². The summed E-state index contributed by atoms with van der Waals surface area (Å²) in [6.07, 6.45) is 2.70. The van der Waals surface area contributed by atoms with Gasteiger partial charge in [-0.05, 0) is 57.2 Å². The molecule has 5 nitrogen and oxygen atoms in total. The van der Waals surface area contributed by atoms with Crippen molar-refractivity contribution in [1.29, 1.82) is 5.41 Å². The Hall–Kier alpha value is -1.59. The Kier molecular flexibility index (Phi) is 6.02. The van der Waals surface area contributed by atoms with Crippen molar-refractivity contribution >= 4 is 5.84 Å². The van der Waals surface area contributed by atoms with E-state index in [-0.39, 0.29) is 5.84 Å². The van der Waals surface area contributed by atoms with Gasteiger partial charge in [0.25, 0.3) is 0 Å². The number of nitrogens with two attached hydrogens (primary N) is 1. The predicted molar refractivity (Wildman–Crippen MR) is 86.1 cm³/mol. The van der Waals surface area contributed by atoms with Crippen LogP contribution in [0.5, 0.6) is 5.75 Å². The van der Waals surface area contributed by atoms with Gasteiger partial charge in [-0.3, -0.25) is 5.41 Å². The van der Waals surface area contributed by atoms with Gasteiger partial charge in [-0.2, -0.15) is 0 Å². The molecule has 0 bridgehead atoms. The first-order valence-corrected chi connectivity index (χ1v) is 7.63. The second kappa shape index (κ2) is 8.00. The fourth-order valence-electron chi connectivity index (χ4n) is 2.48. The number of nitrogens with zero attached hydrogens (tertiary/aromatic N) is 2. The Morgan fingerprint density at radius 1 is 1.24 bits per heavy atom. The summed E-state index contributed by atoms with van der Waals surface area (Å²) in [4.78, 5) is 4.83. The molecule has 0 amide bonds.